The second-order valence-electron chi connectivity index (χ2n) is 5.80. The van der Waals surface area contributed by atoms with Gasteiger partial charge in [0.1, 0.15) is 5.75 Å². The van der Waals surface area contributed by atoms with E-state index in [-0.39, 0.29) is 24.3 Å². The molecule has 0 aliphatic carbocycles. The zero-order valence-corrected chi connectivity index (χ0v) is 15.5. The molecule has 0 heterocycles. The molecule has 1 aromatic carbocycles. The van der Waals surface area contributed by atoms with Gasteiger partial charge in [-0.05, 0) is 45.4 Å². The van der Waals surface area contributed by atoms with E-state index in [0.717, 1.165) is 0 Å². The van der Waals surface area contributed by atoms with Gasteiger partial charge < -0.3 is 13.8 Å². The minimum atomic E-state index is -3.37. The van der Waals surface area contributed by atoms with Gasteiger partial charge >= 0.3 is 7.60 Å². The minimum Gasteiger partial charge on any atom is -0.481 e. The second kappa shape index (κ2) is 8.97. The van der Waals surface area contributed by atoms with E-state index in [1.54, 1.807) is 52.0 Å². The first-order valence-corrected chi connectivity index (χ1v) is 9.35. The zero-order chi connectivity index (χ0) is 18.3. The summed E-state index contributed by atoms with van der Waals surface area (Å²) in [7, 11) is -3.37. The van der Waals surface area contributed by atoms with Crippen LogP contribution in [-0.4, -0.2) is 23.5 Å². The van der Waals surface area contributed by atoms with Gasteiger partial charge in [-0.25, -0.2) is 0 Å². The van der Waals surface area contributed by atoms with Crippen molar-refractivity contribution in [2.75, 3.05) is 6.35 Å². The number of hydrogen-bond acceptors (Lipinski definition) is 6. The minimum absolute atomic E-state index is 0.0452. The van der Waals surface area contributed by atoms with Crippen LogP contribution in [0.3, 0.4) is 0 Å². The smallest absolute Gasteiger partial charge is 0.368 e. The molecule has 0 aliphatic heterocycles. The molecule has 8 heteroatoms. The van der Waals surface area contributed by atoms with E-state index in [2.05, 4.69) is 0 Å². The topological polar surface area (TPSA) is 87.9 Å². The van der Waals surface area contributed by atoms with Gasteiger partial charge in [0.25, 0.3) is 0 Å². The molecule has 1 rings (SSSR count). The number of nitro groups is 1. The fraction of sp³-hybridized carbons (Fsp3) is 0.500. The van der Waals surface area contributed by atoms with Crippen molar-refractivity contribution in [1.29, 1.82) is 0 Å². The first-order chi connectivity index (χ1) is 11.1. The lowest BCUT2D eigenvalue weighted by Crippen LogP contribution is -2.13. The van der Waals surface area contributed by atoms with Gasteiger partial charge in [-0.15, -0.1) is 0 Å². The summed E-state index contributed by atoms with van der Waals surface area (Å²) in [6.45, 7) is 8.52. The van der Waals surface area contributed by atoms with Crippen LogP contribution in [0.4, 0.5) is 0 Å². The largest absolute Gasteiger partial charge is 0.481 e. The summed E-state index contributed by atoms with van der Waals surface area (Å²) in [5, 5.41) is 10.6. The van der Waals surface area contributed by atoms with E-state index in [4.69, 9.17) is 13.8 Å². The summed E-state index contributed by atoms with van der Waals surface area (Å²) in [5.74, 6) is 0.478. The van der Waals surface area contributed by atoms with E-state index in [9.17, 15) is 14.7 Å². The zero-order valence-electron chi connectivity index (χ0n) is 14.6. The molecule has 1 aromatic rings. The Labute approximate surface area is 142 Å². The van der Waals surface area contributed by atoms with Crippen LogP contribution in [0.25, 0.3) is 6.08 Å². The van der Waals surface area contributed by atoms with Crippen molar-refractivity contribution in [3.05, 3.63) is 45.6 Å². The standard InChI is InChI=1S/C16H24NO6P/c1-12(2)22-24(20,23-13(3)4)11-21-16-8-6-15(7-9-16)10-14(5)17(18)19/h6-10,12-13H,11H2,1-5H3/b14-10+. The maximum atomic E-state index is 12.6. The third-order valence-corrected chi connectivity index (χ3v) is 4.61. The molecule has 0 radical (unpaired) electrons. The number of nitrogens with zero attached hydrogens (tertiary/aromatic N) is 1. The molecule has 0 bridgehead atoms. The first kappa shape index (κ1) is 20.4. The Hall–Kier alpha value is -1.69. The van der Waals surface area contributed by atoms with Crippen molar-refractivity contribution in [1.82, 2.24) is 0 Å². The van der Waals surface area contributed by atoms with Gasteiger partial charge in [-0.2, -0.15) is 0 Å². The van der Waals surface area contributed by atoms with Crippen LogP contribution in [-0.2, 0) is 13.6 Å². The summed E-state index contributed by atoms with van der Waals surface area (Å²) < 4.78 is 28.9. The summed E-state index contributed by atoms with van der Waals surface area (Å²) in [5.41, 5.74) is 0.723. The van der Waals surface area contributed by atoms with Crippen molar-refractivity contribution in [2.24, 2.45) is 0 Å². The summed E-state index contributed by atoms with van der Waals surface area (Å²) in [6.07, 6.45) is 0.747. The van der Waals surface area contributed by atoms with Crippen LogP contribution in [0.1, 0.15) is 40.2 Å². The summed E-state index contributed by atoms with van der Waals surface area (Å²) in [4.78, 5) is 10.2. The maximum absolute atomic E-state index is 12.6. The molecule has 0 aromatic heterocycles. The highest BCUT2D eigenvalue weighted by molar-refractivity contribution is 7.53. The van der Waals surface area contributed by atoms with Gasteiger partial charge in [0.2, 0.25) is 5.70 Å². The lowest BCUT2D eigenvalue weighted by atomic mass is 10.2. The Morgan fingerprint density at radius 1 is 1.17 bits per heavy atom. The molecule has 0 fully saturated rings. The molecule has 0 atom stereocenters. The predicted octanol–water partition coefficient (Wildman–Crippen LogP) is 4.70. The van der Waals surface area contributed by atoms with E-state index >= 15 is 0 Å². The highest BCUT2D eigenvalue weighted by Gasteiger charge is 2.28. The van der Waals surface area contributed by atoms with Crippen LogP contribution < -0.4 is 4.74 Å². The van der Waals surface area contributed by atoms with Crippen LogP contribution >= 0.6 is 7.60 Å². The molecule has 24 heavy (non-hydrogen) atoms. The highest BCUT2D eigenvalue weighted by atomic mass is 31.2. The number of allylic oxidation sites excluding steroid dienone is 1. The number of benzene rings is 1. The average Bonchev–Trinajstić information content (AvgIpc) is 2.44. The van der Waals surface area contributed by atoms with Crippen LogP contribution in [0.5, 0.6) is 5.75 Å². The van der Waals surface area contributed by atoms with Gasteiger partial charge in [0.05, 0.1) is 17.1 Å². The highest BCUT2D eigenvalue weighted by Crippen LogP contribution is 2.50. The number of hydrogen-bond donors (Lipinski definition) is 0. The number of ether oxygens (including phenoxy) is 1. The fourth-order valence-corrected chi connectivity index (χ4v) is 3.60. The molecule has 0 unspecified atom stereocenters. The van der Waals surface area contributed by atoms with Gasteiger partial charge in [0.15, 0.2) is 6.35 Å². The molecule has 0 amide bonds. The Morgan fingerprint density at radius 2 is 1.67 bits per heavy atom. The first-order valence-electron chi connectivity index (χ1n) is 7.63. The summed E-state index contributed by atoms with van der Waals surface area (Å²) >= 11 is 0. The molecular weight excluding hydrogens is 333 g/mol. The Balaban J connectivity index is 2.76. The molecule has 0 saturated carbocycles. The normalized spacial score (nSPS) is 12.7. The van der Waals surface area contributed by atoms with Gasteiger partial charge in [0, 0.05) is 13.0 Å². The van der Waals surface area contributed by atoms with Crippen LogP contribution in [0.15, 0.2) is 30.0 Å². The average molecular weight is 357 g/mol. The monoisotopic (exact) mass is 357 g/mol. The number of rotatable bonds is 9. The van der Waals surface area contributed by atoms with Crippen molar-refractivity contribution in [3.8, 4) is 5.75 Å². The fourth-order valence-electron chi connectivity index (χ4n) is 1.84. The van der Waals surface area contributed by atoms with E-state index < -0.39 is 12.5 Å². The second-order valence-corrected chi connectivity index (χ2v) is 7.71. The van der Waals surface area contributed by atoms with E-state index in [0.29, 0.717) is 11.3 Å². The molecule has 0 saturated heterocycles. The van der Waals surface area contributed by atoms with Crippen molar-refractivity contribution < 1.29 is 23.3 Å². The van der Waals surface area contributed by atoms with Crippen molar-refractivity contribution in [3.63, 3.8) is 0 Å². The maximum Gasteiger partial charge on any atom is 0.368 e. The van der Waals surface area contributed by atoms with E-state index in [1.807, 2.05) is 0 Å². The molecule has 0 aliphatic rings. The van der Waals surface area contributed by atoms with Crippen molar-refractivity contribution in [2.45, 2.75) is 46.8 Å². The van der Waals surface area contributed by atoms with E-state index in [1.165, 1.54) is 13.0 Å². The Kier molecular flexibility index (Phi) is 7.60. The lowest BCUT2D eigenvalue weighted by molar-refractivity contribution is -0.422. The molecular formula is C16H24NO6P. The Bertz CT molecular complexity index is 610. The third-order valence-electron chi connectivity index (χ3n) is 2.68. The Morgan fingerprint density at radius 3 is 2.08 bits per heavy atom. The SMILES string of the molecule is C/C(=C\c1ccc(OCP(=O)(OC(C)C)OC(C)C)cc1)[N+](=O)[O-]. The lowest BCUT2D eigenvalue weighted by Gasteiger charge is -2.22. The summed E-state index contributed by atoms with van der Waals surface area (Å²) in [6, 6.07) is 6.65. The molecule has 0 N–H and O–H groups in total. The molecule has 134 valence electrons. The van der Waals surface area contributed by atoms with Crippen molar-refractivity contribution >= 4 is 13.7 Å². The van der Waals surface area contributed by atoms with Gasteiger partial charge in [-0.1, -0.05) is 12.1 Å². The van der Waals surface area contributed by atoms with Gasteiger partial charge in [-0.3, -0.25) is 14.7 Å². The predicted molar refractivity (Wildman–Crippen MR) is 92.6 cm³/mol. The molecule has 7 nitrogen and oxygen atoms in total. The van der Waals surface area contributed by atoms with Crippen LogP contribution in [0.2, 0.25) is 0 Å². The third kappa shape index (κ3) is 7.25. The molecule has 0 spiro atoms. The van der Waals surface area contributed by atoms with Crippen LogP contribution in [0, 0.1) is 10.1 Å². The quantitative estimate of drug-likeness (QED) is 0.361.